The number of nitrogens with one attached hydrogen (secondary N) is 2. The van der Waals surface area contributed by atoms with E-state index in [1.54, 1.807) is 55.6 Å². The van der Waals surface area contributed by atoms with Crippen molar-refractivity contribution in [2.45, 2.75) is 18.9 Å². The molecule has 8 nitrogen and oxygen atoms in total. The van der Waals surface area contributed by atoms with Crippen molar-refractivity contribution in [3.8, 4) is 5.75 Å². The Morgan fingerprint density at radius 2 is 1.86 bits per heavy atom. The number of urea groups is 1. The van der Waals surface area contributed by atoms with E-state index in [-0.39, 0.29) is 18.0 Å². The van der Waals surface area contributed by atoms with Crippen LogP contribution in [0.4, 0.5) is 16.2 Å². The number of amides is 3. The first-order valence-corrected chi connectivity index (χ1v) is 8.82. The molecular formula is C20H21N3O5. The van der Waals surface area contributed by atoms with Crippen LogP contribution in [0.1, 0.15) is 23.2 Å². The molecule has 146 valence electrons. The minimum Gasteiger partial charge on any atom is -0.482 e. The van der Waals surface area contributed by atoms with Crippen molar-refractivity contribution in [3.63, 3.8) is 0 Å². The highest BCUT2D eigenvalue weighted by molar-refractivity contribution is 6.06. The van der Waals surface area contributed by atoms with Gasteiger partial charge in [0.25, 0.3) is 5.91 Å². The second-order valence-corrected chi connectivity index (χ2v) is 6.49. The number of hydrogen-bond donors (Lipinski definition) is 3. The van der Waals surface area contributed by atoms with Gasteiger partial charge in [0, 0.05) is 30.0 Å². The SMILES string of the molecule is CN(C(=O)c1cccc(NC(=O)NC2CC2)c1)c1ccc(OCC(=O)O)cc1. The lowest BCUT2D eigenvalue weighted by Gasteiger charge is -2.18. The minimum atomic E-state index is -1.06. The largest absolute Gasteiger partial charge is 0.482 e. The number of carboxylic acid groups (broad SMARTS) is 1. The summed E-state index contributed by atoms with van der Waals surface area (Å²) in [6, 6.07) is 13.2. The summed E-state index contributed by atoms with van der Waals surface area (Å²) in [7, 11) is 1.63. The molecule has 3 N–H and O–H groups in total. The standard InChI is InChI=1S/C20H21N3O5/c1-23(16-7-9-17(10-8-16)28-12-18(24)25)19(26)13-3-2-4-15(11-13)22-20(27)21-14-5-6-14/h2-4,7-11,14H,5-6,12H2,1H3,(H,24,25)(H2,21,22,27). The van der Waals surface area contributed by atoms with Crippen LogP contribution in [0.25, 0.3) is 0 Å². The van der Waals surface area contributed by atoms with E-state index in [2.05, 4.69) is 10.6 Å². The summed E-state index contributed by atoms with van der Waals surface area (Å²) in [6.07, 6.45) is 1.99. The first-order chi connectivity index (χ1) is 13.4. The zero-order chi connectivity index (χ0) is 20.1. The molecule has 0 spiro atoms. The number of benzene rings is 2. The monoisotopic (exact) mass is 383 g/mol. The summed E-state index contributed by atoms with van der Waals surface area (Å²) < 4.78 is 5.08. The van der Waals surface area contributed by atoms with Crippen LogP contribution in [-0.4, -0.2) is 42.7 Å². The van der Waals surface area contributed by atoms with E-state index in [1.807, 2.05) is 0 Å². The smallest absolute Gasteiger partial charge is 0.341 e. The second-order valence-electron chi connectivity index (χ2n) is 6.49. The second kappa shape index (κ2) is 8.43. The molecule has 3 rings (SSSR count). The van der Waals surface area contributed by atoms with Crippen LogP contribution in [0.2, 0.25) is 0 Å². The maximum atomic E-state index is 12.8. The number of carbonyl (C=O) groups excluding carboxylic acids is 2. The van der Waals surface area contributed by atoms with Crippen LogP contribution >= 0.6 is 0 Å². The lowest BCUT2D eigenvalue weighted by Crippen LogP contribution is -2.30. The van der Waals surface area contributed by atoms with E-state index >= 15 is 0 Å². The van der Waals surface area contributed by atoms with E-state index in [0.717, 1.165) is 12.8 Å². The van der Waals surface area contributed by atoms with Crippen LogP contribution in [-0.2, 0) is 4.79 Å². The van der Waals surface area contributed by atoms with Gasteiger partial charge in [0.1, 0.15) is 5.75 Å². The van der Waals surface area contributed by atoms with E-state index in [0.29, 0.717) is 22.7 Å². The number of ether oxygens (including phenoxy) is 1. The molecule has 8 heteroatoms. The van der Waals surface area contributed by atoms with Gasteiger partial charge in [-0.1, -0.05) is 6.07 Å². The van der Waals surface area contributed by atoms with Crippen molar-refractivity contribution < 1.29 is 24.2 Å². The average Bonchev–Trinajstić information content (AvgIpc) is 3.49. The van der Waals surface area contributed by atoms with E-state index in [4.69, 9.17) is 9.84 Å². The molecule has 0 aliphatic heterocycles. The van der Waals surface area contributed by atoms with Gasteiger partial charge in [-0.3, -0.25) is 4.79 Å². The molecule has 1 fully saturated rings. The third kappa shape index (κ3) is 5.23. The molecule has 0 aromatic heterocycles. The third-order valence-corrected chi connectivity index (χ3v) is 4.17. The van der Waals surface area contributed by atoms with Gasteiger partial charge in [-0.15, -0.1) is 0 Å². The van der Waals surface area contributed by atoms with Gasteiger partial charge >= 0.3 is 12.0 Å². The van der Waals surface area contributed by atoms with Crippen molar-refractivity contribution in [3.05, 3.63) is 54.1 Å². The Morgan fingerprint density at radius 3 is 2.50 bits per heavy atom. The van der Waals surface area contributed by atoms with Crippen LogP contribution < -0.4 is 20.3 Å². The molecule has 0 heterocycles. The van der Waals surface area contributed by atoms with Gasteiger partial charge in [-0.2, -0.15) is 0 Å². The average molecular weight is 383 g/mol. The first kappa shape index (κ1) is 19.2. The number of anilines is 2. The highest BCUT2D eigenvalue weighted by atomic mass is 16.5. The Balaban J connectivity index is 1.64. The topological polar surface area (TPSA) is 108 Å². The number of carbonyl (C=O) groups is 3. The van der Waals surface area contributed by atoms with Crippen molar-refractivity contribution in [2.75, 3.05) is 23.9 Å². The van der Waals surface area contributed by atoms with Gasteiger partial charge in [0.05, 0.1) is 0 Å². The van der Waals surface area contributed by atoms with Gasteiger partial charge in [0.15, 0.2) is 6.61 Å². The zero-order valence-electron chi connectivity index (χ0n) is 15.3. The Hall–Kier alpha value is -3.55. The number of hydrogen-bond acceptors (Lipinski definition) is 4. The summed E-state index contributed by atoms with van der Waals surface area (Å²) in [4.78, 5) is 36.6. The summed E-state index contributed by atoms with van der Waals surface area (Å²) in [6.45, 7) is -0.428. The fourth-order valence-corrected chi connectivity index (χ4v) is 2.53. The van der Waals surface area contributed by atoms with Crippen molar-refractivity contribution in [2.24, 2.45) is 0 Å². The lowest BCUT2D eigenvalue weighted by atomic mass is 10.1. The quantitative estimate of drug-likeness (QED) is 0.681. The summed E-state index contributed by atoms with van der Waals surface area (Å²) in [5.41, 5.74) is 1.59. The fourth-order valence-electron chi connectivity index (χ4n) is 2.53. The van der Waals surface area contributed by atoms with Crippen LogP contribution in [0.5, 0.6) is 5.75 Å². The summed E-state index contributed by atoms with van der Waals surface area (Å²) in [5.74, 6) is -0.902. The molecule has 0 saturated heterocycles. The molecule has 1 saturated carbocycles. The summed E-state index contributed by atoms with van der Waals surface area (Å²) >= 11 is 0. The maximum absolute atomic E-state index is 12.8. The van der Waals surface area contributed by atoms with E-state index in [9.17, 15) is 14.4 Å². The van der Waals surface area contributed by atoms with Crippen LogP contribution in [0.3, 0.4) is 0 Å². The van der Waals surface area contributed by atoms with Crippen molar-refractivity contribution in [1.29, 1.82) is 0 Å². The molecule has 1 aliphatic carbocycles. The van der Waals surface area contributed by atoms with Gasteiger partial charge in [-0.25, -0.2) is 9.59 Å². The molecule has 2 aromatic carbocycles. The van der Waals surface area contributed by atoms with E-state index < -0.39 is 12.6 Å². The number of rotatable bonds is 7. The molecule has 0 bridgehead atoms. The lowest BCUT2D eigenvalue weighted by molar-refractivity contribution is -0.139. The molecule has 0 radical (unpaired) electrons. The van der Waals surface area contributed by atoms with Crippen LogP contribution in [0, 0.1) is 0 Å². The normalized spacial score (nSPS) is 12.8. The van der Waals surface area contributed by atoms with Crippen molar-refractivity contribution >= 4 is 29.3 Å². The number of nitrogens with zero attached hydrogens (tertiary/aromatic N) is 1. The van der Waals surface area contributed by atoms with Gasteiger partial charge < -0.3 is 25.4 Å². The predicted octanol–water partition coefficient (Wildman–Crippen LogP) is 2.71. The molecule has 0 atom stereocenters. The highest BCUT2D eigenvalue weighted by Crippen LogP contribution is 2.22. The zero-order valence-corrected chi connectivity index (χ0v) is 15.3. The molecule has 2 aromatic rings. The maximum Gasteiger partial charge on any atom is 0.341 e. The Morgan fingerprint density at radius 1 is 1.14 bits per heavy atom. The fraction of sp³-hybridized carbons (Fsp3) is 0.250. The van der Waals surface area contributed by atoms with Crippen molar-refractivity contribution in [1.82, 2.24) is 5.32 Å². The third-order valence-electron chi connectivity index (χ3n) is 4.17. The van der Waals surface area contributed by atoms with E-state index in [1.165, 1.54) is 4.90 Å². The molecule has 0 unspecified atom stereocenters. The molecule has 1 aliphatic rings. The Kier molecular flexibility index (Phi) is 5.78. The van der Waals surface area contributed by atoms with Crippen LogP contribution in [0.15, 0.2) is 48.5 Å². The minimum absolute atomic E-state index is 0.245. The molecule has 3 amide bonds. The summed E-state index contributed by atoms with van der Waals surface area (Å²) in [5, 5.41) is 14.2. The number of aliphatic carboxylic acids is 1. The van der Waals surface area contributed by atoms with Gasteiger partial charge in [-0.05, 0) is 55.3 Å². The first-order valence-electron chi connectivity index (χ1n) is 8.82. The number of carboxylic acids is 1. The van der Waals surface area contributed by atoms with Gasteiger partial charge in [0.2, 0.25) is 0 Å². The molecular weight excluding hydrogens is 362 g/mol. The predicted molar refractivity (Wildman–Crippen MR) is 104 cm³/mol. The highest BCUT2D eigenvalue weighted by Gasteiger charge is 2.23. The molecule has 28 heavy (non-hydrogen) atoms. The Bertz CT molecular complexity index is 878. The Labute approximate surface area is 162 Å².